The third-order valence-corrected chi connectivity index (χ3v) is 11.0. The Kier molecular flexibility index (Phi) is 21.3. The Labute approximate surface area is 308 Å². The van der Waals surface area contributed by atoms with Crippen LogP contribution in [0.1, 0.15) is 175 Å². The van der Waals surface area contributed by atoms with Gasteiger partial charge in [0.25, 0.3) is 0 Å². The molecule has 0 amide bonds. The zero-order valence-electron chi connectivity index (χ0n) is 33.0. The normalized spacial score (nSPS) is 12.1. The topological polar surface area (TPSA) is 77.2 Å². The summed E-state index contributed by atoms with van der Waals surface area (Å²) in [5, 5.41) is 20.1. The predicted octanol–water partition coefficient (Wildman–Crippen LogP) is 12.8. The lowest BCUT2D eigenvalue weighted by molar-refractivity contribution is -0.134. The molecule has 50 heavy (non-hydrogen) atoms. The van der Waals surface area contributed by atoms with Crippen LogP contribution in [0, 0.1) is 6.92 Å². The second kappa shape index (κ2) is 24.5. The fraction of sp³-hybridized carbons (Fsp3) is 0.674. The second-order valence-corrected chi connectivity index (χ2v) is 17.3. The number of carbonyl (C=O) groups is 1. The van der Waals surface area contributed by atoms with Crippen LogP contribution < -0.4 is 4.74 Å². The summed E-state index contributed by atoms with van der Waals surface area (Å²) in [5.74, 6) is 6.99. The van der Waals surface area contributed by atoms with E-state index in [1.165, 1.54) is 119 Å². The first-order valence-electron chi connectivity index (χ1n) is 19.9. The minimum absolute atomic E-state index is 0.180. The molecular formula is C43H71N3O3S. The summed E-state index contributed by atoms with van der Waals surface area (Å²) in [5.41, 5.74) is 3.48. The number of phenolic OH excluding ortho intramolecular Hbond substituents is 1. The zero-order valence-corrected chi connectivity index (χ0v) is 33.8. The summed E-state index contributed by atoms with van der Waals surface area (Å²) >= 11 is 0. The fourth-order valence-electron chi connectivity index (χ4n) is 6.16. The molecule has 1 aromatic heterocycles. The van der Waals surface area contributed by atoms with Crippen molar-refractivity contribution in [2.75, 3.05) is 11.5 Å². The summed E-state index contributed by atoms with van der Waals surface area (Å²) in [6.07, 6.45) is 24.2. The quantitative estimate of drug-likeness (QED) is 0.0459. The van der Waals surface area contributed by atoms with E-state index in [0.29, 0.717) is 39.4 Å². The van der Waals surface area contributed by atoms with Gasteiger partial charge in [-0.3, -0.25) is 4.79 Å². The summed E-state index contributed by atoms with van der Waals surface area (Å²) in [6.45, 7) is 14.9. The highest BCUT2D eigenvalue weighted by Crippen LogP contribution is 2.36. The van der Waals surface area contributed by atoms with Crippen molar-refractivity contribution in [1.29, 1.82) is 0 Å². The van der Waals surface area contributed by atoms with Gasteiger partial charge in [-0.2, -0.15) is 10.5 Å². The van der Waals surface area contributed by atoms with Gasteiger partial charge in [0.2, 0.25) is 0 Å². The molecule has 0 aliphatic heterocycles. The van der Waals surface area contributed by atoms with E-state index < -0.39 is 0 Å². The first-order valence-corrected chi connectivity index (χ1v) is 21.6. The minimum Gasteiger partial charge on any atom is -0.505 e. The van der Waals surface area contributed by atoms with Crippen molar-refractivity contribution >= 4 is 33.4 Å². The summed E-state index contributed by atoms with van der Waals surface area (Å²) in [6, 6.07) is 9.17. The van der Waals surface area contributed by atoms with Gasteiger partial charge in [-0.15, -0.1) is 15.0 Å². The average Bonchev–Trinajstić information content (AvgIpc) is 3.50. The largest absolute Gasteiger partial charge is 0.505 e. The molecule has 0 bridgehead atoms. The second-order valence-electron chi connectivity index (χ2n) is 15.1. The van der Waals surface area contributed by atoms with Gasteiger partial charge in [0.1, 0.15) is 28.2 Å². The molecular weight excluding hydrogens is 639 g/mol. The number of fused-ring (bicyclic) bond motifs is 1. The van der Waals surface area contributed by atoms with Crippen LogP contribution in [0.5, 0.6) is 11.5 Å². The maximum absolute atomic E-state index is 12.5. The molecule has 0 spiro atoms. The lowest BCUT2D eigenvalue weighted by Crippen LogP contribution is -2.13. The molecule has 282 valence electrons. The smallest absolute Gasteiger partial charge is 0.311 e. The number of benzene rings is 2. The molecule has 0 fully saturated rings. The van der Waals surface area contributed by atoms with Crippen LogP contribution in [0.4, 0.5) is 0 Å². The number of hydrogen-bond donors (Lipinski definition) is 1. The molecule has 0 aliphatic carbocycles. The van der Waals surface area contributed by atoms with Gasteiger partial charge < -0.3 is 9.84 Å². The van der Waals surface area contributed by atoms with Crippen LogP contribution in [-0.2, 0) is 10.2 Å². The van der Waals surface area contributed by atoms with E-state index in [1.54, 1.807) is 18.2 Å². The van der Waals surface area contributed by atoms with Crippen LogP contribution in [0.2, 0.25) is 0 Å². The molecule has 7 heteroatoms. The molecule has 3 rings (SSSR count). The molecule has 1 atom stereocenters. The van der Waals surface area contributed by atoms with Gasteiger partial charge in [0, 0.05) is 18.1 Å². The van der Waals surface area contributed by atoms with Crippen LogP contribution in [0.15, 0.2) is 30.3 Å². The van der Waals surface area contributed by atoms with E-state index in [4.69, 9.17) is 4.74 Å². The van der Waals surface area contributed by atoms with Gasteiger partial charge in [0.05, 0.1) is 0 Å². The van der Waals surface area contributed by atoms with Crippen molar-refractivity contribution in [3.05, 3.63) is 41.5 Å². The lowest BCUT2D eigenvalue weighted by atomic mass is 9.85. The Hall–Kier alpha value is -2.67. The van der Waals surface area contributed by atoms with Crippen molar-refractivity contribution in [3.8, 4) is 17.2 Å². The first kappa shape index (κ1) is 43.5. The Bertz CT molecular complexity index is 1410. The van der Waals surface area contributed by atoms with Crippen LogP contribution in [0.3, 0.4) is 0 Å². The molecule has 0 saturated carbocycles. The Morgan fingerprint density at radius 2 is 1.28 bits per heavy atom. The number of unbranched alkanes of at least 4 members (excludes halogenated alkanes) is 16. The number of esters is 1. The Morgan fingerprint density at radius 3 is 1.76 bits per heavy atom. The summed E-state index contributed by atoms with van der Waals surface area (Å²) in [7, 11) is 0.473. The summed E-state index contributed by atoms with van der Waals surface area (Å²) in [4.78, 5) is 13.9. The number of aryl methyl sites for hydroxylation is 1. The highest BCUT2D eigenvalue weighted by molar-refractivity contribution is 8.14. The number of phenols is 1. The molecule has 1 N–H and O–H groups in total. The van der Waals surface area contributed by atoms with E-state index in [2.05, 4.69) is 57.6 Å². The zero-order chi connectivity index (χ0) is 36.8. The summed E-state index contributed by atoms with van der Waals surface area (Å²) < 4.78 is 5.61. The molecule has 3 aromatic rings. The average molecular weight is 710 g/mol. The van der Waals surface area contributed by atoms with Gasteiger partial charge in [-0.25, -0.2) is 0 Å². The number of nitrogens with zero attached hydrogens (tertiary/aromatic N) is 3. The molecule has 1 unspecified atom stereocenters. The highest BCUT2D eigenvalue weighted by Gasteiger charge is 2.22. The lowest BCUT2D eigenvalue weighted by Gasteiger charge is -2.22. The SMILES string of the molecule is C=S(CC)CCC.CCCCCCCCCCCCCCCCCCCC(=O)Oc1ccc2nn(-c3cc(C)cc(C(C)(C)C)c3O)nc2c1. The molecule has 6 nitrogen and oxygen atoms in total. The van der Waals surface area contributed by atoms with Crippen molar-refractivity contribution in [2.45, 2.75) is 176 Å². The number of rotatable bonds is 23. The molecule has 2 aromatic carbocycles. The van der Waals surface area contributed by atoms with Crippen LogP contribution >= 0.6 is 10.5 Å². The fourth-order valence-corrected chi connectivity index (χ4v) is 7.03. The Balaban J connectivity index is 0.00000112. The maximum Gasteiger partial charge on any atom is 0.311 e. The van der Waals surface area contributed by atoms with Gasteiger partial charge >= 0.3 is 5.97 Å². The Morgan fingerprint density at radius 1 is 0.760 bits per heavy atom. The van der Waals surface area contributed by atoms with Gasteiger partial charge in [0.15, 0.2) is 0 Å². The van der Waals surface area contributed by atoms with Crippen LogP contribution in [-0.4, -0.2) is 43.4 Å². The predicted molar refractivity (Wildman–Crippen MR) is 219 cm³/mol. The van der Waals surface area contributed by atoms with E-state index in [9.17, 15) is 9.90 Å². The number of aromatic nitrogens is 3. The van der Waals surface area contributed by atoms with Crippen molar-refractivity contribution in [2.24, 2.45) is 0 Å². The molecule has 0 saturated heterocycles. The van der Waals surface area contributed by atoms with Crippen molar-refractivity contribution in [3.63, 3.8) is 0 Å². The molecule has 0 aliphatic rings. The van der Waals surface area contributed by atoms with E-state index in [1.807, 2.05) is 19.1 Å². The van der Waals surface area contributed by atoms with Gasteiger partial charge in [-0.1, -0.05) is 156 Å². The van der Waals surface area contributed by atoms with E-state index >= 15 is 0 Å². The van der Waals surface area contributed by atoms with E-state index in [-0.39, 0.29) is 17.1 Å². The minimum atomic E-state index is -0.217. The standard InChI is InChI=1S/C37H57N3O3.C6H14S/c1-6-7-8-9-10-11-12-13-14-15-16-17-18-19-20-21-22-23-35(41)43-30-24-25-32-33(28-30)39-40(38-32)34-27-29(2)26-31(36(34)42)37(3,4)5;1-4-6-7(3)5-2/h24-28,42H,6-23H2,1-5H3;3-6H2,1-2H3. The number of carbonyl (C=O) groups excluding carboxylic acids is 1. The highest BCUT2D eigenvalue weighted by atomic mass is 32.2. The molecule has 1 heterocycles. The first-order chi connectivity index (χ1) is 24.0. The van der Waals surface area contributed by atoms with Crippen LogP contribution in [0.25, 0.3) is 16.7 Å². The van der Waals surface area contributed by atoms with E-state index in [0.717, 1.165) is 24.0 Å². The molecule has 0 radical (unpaired) electrons. The number of ether oxygens (including phenoxy) is 1. The van der Waals surface area contributed by atoms with Crippen molar-refractivity contribution in [1.82, 2.24) is 15.0 Å². The third kappa shape index (κ3) is 17.0. The van der Waals surface area contributed by atoms with Gasteiger partial charge in [-0.05, 0) is 60.4 Å². The monoisotopic (exact) mass is 710 g/mol. The van der Waals surface area contributed by atoms with Crippen molar-refractivity contribution < 1.29 is 14.6 Å². The number of hydrogen-bond acceptors (Lipinski definition) is 5. The maximum atomic E-state index is 12.5. The number of aromatic hydroxyl groups is 1. The third-order valence-electron chi connectivity index (χ3n) is 9.23.